The fourth-order valence-electron chi connectivity index (χ4n) is 3.20. The van der Waals surface area contributed by atoms with Crippen LogP contribution in [0.2, 0.25) is 0 Å². The Balaban J connectivity index is 0.00000288. The molecule has 2 unspecified atom stereocenters. The monoisotopic (exact) mass is 465 g/mol. The molecule has 1 aliphatic rings. The molecule has 0 spiro atoms. The maximum Gasteiger partial charge on any atom is 0.193 e. The molecular weight excluding hydrogens is 437 g/mol. The lowest BCUT2D eigenvalue weighted by atomic mass is 9.92. The standard InChI is InChI=1S/C17H27N3O2S.HI/c1-13-9-14(2)12-20(11-13)17(18-3)19-10-15-5-7-16(8-6-15)23(4,21)22;/h5-8,13-14H,9-12H2,1-4H3,(H,18,19);1H. The largest absolute Gasteiger partial charge is 0.352 e. The molecule has 1 aliphatic heterocycles. The van der Waals surface area contributed by atoms with E-state index in [1.807, 2.05) is 12.1 Å². The Bertz CT molecular complexity index is 649. The summed E-state index contributed by atoms with van der Waals surface area (Å²) in [5, 5.41) is 3.38. The van der Waals surface area contributed by atoms with Gasteiger partial charge in [0.2, 0.25) is 0 Å². The van der Waals surface area contributed by atoms with Crippen molar-refractivity contribution in [3.63, 3.8) is 0 Å². The highest BCUT2D eigenvalue weighted by Crippen LogP contribution is 2.21. The van der Waals surface area contributed by atoms with Gasteiger partial charge < -0.3 is 10.2 Å². The SMILES string of the molecule is CN=C(NCc1ccc(S(C)(=O)=O)cc1)N1CC(C)CC(C)C1.I. The number of guanidine groups is 1. The van der Waals surface area contributed by atoms with Crippen LogP contribution in [-0.2, 0) is 16.4 Å². The summed E-state index contributed by atoms with van der Waals surface area (Å²) in [6.45, 7) is 7.24. The van der Waals surface area contributed by atoms with Crippen molar-refractivity contribution >= 4 is 39.8 Å². The zero-order valence-electron chi connectivity index (χ0n) is 14.8. The third kappa shape index (κ3) is 5.91. The summed E-state index contributed by atoms with van der Waals surface area (Å²) in [6.07, 6.45) is 2.49. The number of aliphatic imine (C=N–C) groups is 1. The molecule has 1 saturated heterocycles. The molecule has 2 rings (SSSR count). The van der Waals surface area contributed by atoms with E-state index < -0.39 is 9.84 Å². The lowest BCUT2D eigenvalue weighted by Crippen LogP contribution is -2.48. The molecule has 0 radical (unpaired) electrons. The molecule has 0 bridgehead atoms. The molecule has 1 N–H and O–H groups in total. The van der Waals surface area contributed by atoms with Crippen LogP contribution >= 0.6 is 24.0 Å². The van der Waals surface area contributed by atoms with Gasteiger partial charge in [-0.3, -0.25) is 4.99 Å². The van der Waals surface area contributed by atoms with Gasteiger partial charge in [-0.25, -0.2) is 8.42 Å². The third-order valence-electron chi connectivity index (χ3n) is 4.18. The van der Waals surface area contributed by atoms with E-state index in [4.69, 9.17) is 0 Å². The van der Waals surface area contributed by atoms with Crippen molar-refractivity contribution in [3.05, 3.63) is 29.8 Å². The number of hydrogen-bond acceptors (Lipinski definition) is 3. The minimum atomic E-state index is -3.14. The molecular formula is C17H28IN3O2S. The first-order valence-corrected chi connectivity index (χ1v) is 9.93. The first-order chi connectivity index (χ1) is 10.8. The quantitative estimate of drug-likeness (QED) is 0.424. The second kappa shape index (κ2) is 9.03. The van der Waals surface area contributed by atoms with E-state index >= 15 is 0 Å². The van der Waals surface area contributed by atoms with Crippen molar-refractivity contribution in [1.82, 2.24) is 10.2 Å². The van der Waals surface area contributed by atoms with Crippen LogP contribution in [0.15, 0.2) is 34.2 Å². The maximum absolute atomic E-state index is 11.5. The van der Waals surface area contributed by atoms with Crippen molar-refractivity contribution < 1.29 is 8.42 Å². The number of sulfone groups is 1. The topological polar surface area (TPSA) is 61.8 Å². The molecule has 24 heavy (non-hydrogen) atoms. The van der Waals surface area contributed by atoms with Crippen molar-refractivity contribution in [2.24, 2.45) is 16.8 Å². The fraction of sp³-hybridized carbons (Fsp3) is 0.588. The van der Waals surface area contributed by atoms with E-state index in [-0.39, 0.29) is 24.0 Å². The van der Waals surface area contributed by atoms with Crippen LogP contribution in [0.3, 0.4) is 0 Å². The molecule has 7 heteroatoms. The average Bonchev–Trinajstić information content (AvgIpc) is 2.46. The van der Waals surface area contributed by atoms with Crippen LogP contribution in [-0.4, -0.2) is 45.7 Å². The van der Waals surface area contributed by atoms with Gasteiger partial charge in [0.1, 0.15) is 0 Å². The van der Waals surface area contributed by atoms with Gasteiger partial charge in [-0.2, -0.15) is 0 Å². The average molecular weight is 465 g/mol. The number of likely N-dealkylation sites (tertiary alicyclic amines) is 1. The molecule has 1 aromatic rings. The molecule has 0 amide bonds. The number of piperidine rings is 1. The van der Waals surface area contributed by atoms with Gasteiger partial charge in [-0.05, 0) is 36.0 Å². The summed E-state index contributed by atoms with van der Waals surface area (Å²) >= 11 is 0. The number of rotatable bonds is 3. The molecule has 2 atom stereocenters. The third-order valence-corrected chi connectivity index (χ3v) is 5.31. The van der Waals surface area contributed by atoms with Crippen molar-refractivity contribution in [2.45, 2.75) is 31.7 Å². The summed E-state index contributed by atoms with van der Waals surface area (Å²) in [5.41, 5.74) is 1.04. The smallest absolute Gasteiger partial charge is 0.193 e. The van der Waals surface area contributed by atoms with Gasteiger partial charge in [-0.1, -0.05) is 26.0 Å². The van der Waals surface area contributed by atoms with Crippen LogP contribution in [0.4, 0.5) is 0 Å². The highest BCUT2D eigenvalue weighted by atomic mass is 127. The maximum atomic E-state index is 11.5. The Kier molecular flexibility index (Phi) is 7.98. The molecule has 1 aromatic carbocycles. The first kappa shape index (κ1) is 21.2. The van der Waals surface area contributed by atoms with E-state index in [0.717, 1.165) is 24.6 Å². The zero-order chi connectivity index (χ0) is 17.0. The summed E-state index contributed by atoms with van der Waals surface area (Å²) in [7, 11) is -1.33. The van der Waals surface area contributed by atoms with Gasteiger partial charge in [0, 0.05) is 32.9 Å². The number of hydrogen-bond donors (Lipinski definition) is 1. The normalized spacial score (nSPS) is 22.0. The van der Waals surface area contributed by atoms with E-state index in [0.29, 0.717) is 23.3 Å². The second-order valence-corrected chi connectivity index (χ2v) is 8.68. The summed E-state index contributed by atoms with van der Waals surface area (Å²) < 4.78 is 23.0. The van der Waals surface area contributed by atoms with Crippen molar-refractivity contribution in [2.75, 3.05) is 26.4 Å². The van der Waals surface area contributed by atoms with Crippen molar-refractivity contribution in [3.8, 4) is 0 Å². The lowest BCUT2D eigenvalue weighted by Gasteiger charge is -2.37. The molecule has 1 heterocycles. The van der Waals surface area contributed by atoms with E-state index in [1.165, 1.54) is 12.7 Å². The Morgan fingerprint density at radius 3 is 2.21 bits per heavy atom. The minimum Gasteiger partial charge on any atom is -0.352 e. The molecule has 136 valence electrons. The molecule has 1 fully saturated rings. The van der Waals surface area contributed by atoms with Gasteiger partial charge >= 0.3 is 0 Å². The Morgan fingerprint density at radius 1 is 1.21 bits per heavy atom. The Labute approximate surface area is 162 Å². The van der Waals surface area contributed by atoms with Crippen molar-refractivity contribution in [1.29, 1.82) is 0 Å². The number of halogens is 1. The van der Waals surface area contributed by atoms with Gasteiger partial charge in [0.05, 0.1) is 4.90 Å². The number of nitrogens with zero attached hydrogens (tertiary/aromatic N) is 2. The molecule has 0 saturated carbocycles. The van der Waals surface area contributed by atoms with Crippen LogP contribution in [0.5, 0.6) is 0 Å². The summed E-state index contributed by atoms with van der Waals surface area (Å²) in [4.78, 5) is 7.05. The van der Waals surface area contributed by atoms with Gasteiger partial charge in [-0.15, -0.1) is 24.0 Å². The van der Waals surface area contributed by atoms with Crippen LogP contribution in [0.25, 0.3) is 0 Å². The molecule has 0 aromatic heterocycles. The minimum absolute atomic E-state index is 0. The Morgan fingerprint density at radius 2 is 1.75 bits per heavy atom. The first-order valence-electron chi connectivity index (χ1n) is 8.04. The van der Waals surface area contributed by atoms with Crippen LogP contribution in [0.1, 0.15) is 25.8 Å². The van der Waals surface area contributed by atoms with E-state index in [1.54, 1.807) is 19.2 Å². The second-order valence-electron chi connectivity index (χ2n) is 6.67. The van der Waals surface area contributed by atoms with E-state index in [2.05, 4.69) is 29.1 Å². The Hall–Kier alpha value is -0.830. The van der Waals surface area contributed by atoms with Crippen LogP contribution in [0, 0.1) is 11.8 Å². The predicted molar refractivity (Wildman–Crippen MR) is 110 cm³/mol. The number of benzene rings is 1. The van der Waals surface area contributed by atoms with Gasteiger partial charge in [0.25, 0.3) is 0 Å². The highest BCUT2D eigenvalue weighted by molar-refractivity contribution is 14.0. The lowest BCUT2D eigenvalue weighted by molar-refractivity contribution is 0.208. The highest BCUT2D eigenvalue weighted by Gasteiger charge is 2.23. The summed E-state index contributed by atoms with van der Waals surface area (Å²) in [6, 6.07) is 7.00. The molecule has 5 nitrogen and oxygen atoms in total. The predicted octanol–water partition coefficient (Wildman–Crippen LogP) is 2.76. The summed E-state index contributed by atoms with van der Waals surface area (Å²) in [5.74, 6) is 2.26. The molecule has 0 aliphatic carbocycles. The van der Waals surface area contributed by atoms with Crippen LogP contribution < -0.4 is 5.32 Å². The zero-order valence-corrected chi connectivity index (χ0v) is 18.0. The van der Waals surface area contributed by atoms with E-state index in [9.17, 15) is 8.42 Å². The fourth-order valence-corrected chi connectivity index (χ4v) is 3.83. The number of nitrogens with one attached hydrogen (secondary N) is 1. The van der Waals surface area contributed by atoms with Gasteiger partial charge in [0.15, 0.2) is 15.8 Å².